The molecule has 2 rings (SSSR count). The number of hydrogen-bond acceptors (Lipinski definition) is 3. The number of aliphatic hydroxyl groups is 1. The summed E-state index contributed by atoms with van der Waals surface area (Å²) in [5, 5.41) is 20.6. The van der Waals surface area contributed by atoms with Crippen LogP contribution in [0.3, 0.4) is 0 Å². The summed E-state index contributed by atoms with van der Waals surface area (Å²) in [6.07, 6.45) is 2.45. The number of carboxylic acid groups (broad SMARTS) is 1. The highest BCUT2D eigenvalue weighted by molar-refractivity contribution is 6.30. The van der Waals surface area contributed by atoms with E-state index in [0.717, 1.165) is 0 Å². The number of pyridine rings is 1. The molecule has 0 unspecified atom stereocenters. The number of halogens is 2. The van der Waals surface area contributed by atoms with Gasteiger partial charge in [-0.3, -0.25) is 9.78 Å². The molecule has 6 heteroatoms. The van der Waals surface area contributed by atoms with Crippen LogP contribution < -0.4 is 0 Å². The molecule has 2 atom stereocenters. The van der Waals surface area contributed by atoms with Crippen molar-refractivity contribution in [1.29, 1.82) is 0 Å². The fraction of sp³-hybridized carbons (Fsp3) is 0.250. The Kier molecular flexibility index (Phi) is 5.77. The zero-order valence-corrected chi connectivity index (χ0v) is 13.1. The van der Waals surface area contributed by atoms with Crippen LogP contribution in [0.5, 0.6) is 0 Å². The molecule has 0 aliphatic heterocycles. The molecule has 0 fully saturated rings. The smallest absolute Gasteiger partial charge is 0.303 e. The fourth-order valence-electron chi connectivity index (χ4n) is 2.31. The fourth-order valence-corrected chi connectivity index (χ4v) is 2.62. The van der Waals surface area contributed by atoms with Gasteiger partial charge in [-0.2, -0.15) is 0 Å². The van der Waals surface area contributed by atoms with Gasteiger partial charge >= 0.3 is 5.97 Å². The summed E-state index contributed by atoms with van der Waals surface area (Å²) in [6.45, 7) is 0. The highest BCUT2D eigenvalue weighted by Crippen LogP contribution is 2.35. The first-order chi connectivity index (χ1) is 10.5. The lowest BCUT2D eigenvalue weighted by Crippen LogP contribution is -2.13. The van der Waals surface area contributed by atoms with E-state index in [9.17, 15) is 9.90 Å². The largest absolute Gasteiger partial charge is 0.481 e. The third-order valence-electron chi connectivity index (χ3n) is 3.42. The molecule has 2 aromatic rings. The van der Waals surface area contributed by atoms with Gasteiger partial charge in [0.1, 0.15) is 0 Å². The van der Waals surface area contributed by atoms with Crippen LogP contribution in [0, 0.1) is 0 Å². The maximum atomic E-state index is 10.9. The zero-order chi connectivity index (χ0) is 16.1. The van der Waals surface area contributed by atoms with E-state index < -0.39 is 18.0 Å². The molecule has 0 bridgehead atoms. The molecule has 4 nitrogen and oxygen atoms in total. The summed E-state index contributed by atoms with van der Waals surface area (Å²) in [5.41, 5.74) is 1.37. The minimum atomic E-state index is -0.914. The van der Waals surface area contributed by atoms with Crippen LogP contribution in [-0.2, 0) is 4.79 Å². The monoisotopic (exact) mass is 339 g/mol. The predicted molar refractivity (Wildman–Crippen MR) is 85.3 cm³/mol. The van der Waals surface area contributed by atoms with E-state index in [1.807, 2.05) is 0 Å². The van der Waals surface area contributed by atoms with Gasteiger partial charge in [0.15, 0.2) is 0 Å². The number of aliphatic carboxylic acids is 1. The molecule has 0 aliphatic carbocycles. The van der Waals surface area contributed by atoms with Gasteiger partial charge in [-0.15, -0.1) is 0 Å². The van der Waals surface area contributed by atoms with Crippen LogP contribution in [0.1, 0.15) is 36.0 Å². The normalized spacial score (nSPS) is 13.6. The maximum Gasteiger partial charge on any atom is 0.303 e. The van der Waals surface area contributed by atoms with Crippen molar-refractivity contribution in [1.82, 2.24) is 4.98 Å². The van der Waals surface area contributed by atoms with E-state index in [-0.39, 0.29) is 12.8 Å². The van der Waals surface area contributed by atoms with E-state index in [1.165, 1.54) is 6.20 Å². The van der Waals surface area contributed by atoms with E-state index in [4.69, 9.17) is 28.3 Å². The van der Waals surface area contributed by atoms with Crippen molar-refractivity contribution in [2.45, 2.75) is 24.9 Å². The molecule has 0 spiro atoms. The Morgan fingerprint density at radius 1 is 1.09 bits per heavy atom. The number of carbonyl (C=O) groups is 1. The summed E-state index contributed by atoms with van der Waals surface area (Å²) < 4.78 is 0. The quantitative estimate of drug-likeness (QED) is 0.832. The molecule has 0 aliphatic rings. The summed E-state index contributed by atoms with van der Waals surface area (Å²) in [6, 6.07) is 8.51. The second-order valence-corrected chi connectivity index (χ2v) is 5.84. The van der Waals surface area contributed by atoms with Gasteiger partial charge in [0.05, 0.1) is 11.1 Å². The van der Waals surface area contributed by atoms with E-state index in [2.05, 4.69) is 4.98 Å². The van der Waals surface area contributed by atoms with Gasteiger partial charge in [-0.1, -0.05) is 35.3 Å². The summed E-state index contributed by atoms with van der Waals surface area (Å²) in [7, 11) is 0. The average Bonchev–Trinajstić information content (AvgIpc) is 2.48. The van der Waals surface area contributed by atoms with Crippen LogP contribution in [0.4, 0.5) is 0 Å². The van der Waals surface area contributed by atoms with Crippen molar-refractivity contribution in [2.24, 2.45) is 0 Å². The number of rotatable bonds is 6. The number of aliphatic hydroxyl groups excluding tert-OH is 1. The van der Waals surface area contributed by atoms with Gasteiger partial charge in [0, 0.05) is 29.8 Å². The molecule has 2 N–H and O–H groups in total. The Labute approximate surface area is 138 Å². The Bertz CT molecular complexity index is 646. The van der Waals surface area contributed by atoms with Crippen LogP contribution in [0.2, 0.25) is 10.0 Å². The average molecular weight is 340 g/mol. The first-order valence-electron chi connectivity index (χ1n) is 6.73. The lowest BCUT2D eigenvalue weighted by atomic mass is 9.86. The van der Waals surface area contributed by atoms with E-state index in [1.54, 1.807) is 36.5 Å². The maximum absolute atomic E-state index is 10.9. The summed E-state index contributed by atoms with van der Waals surface area (Å²) in [4.78, 5) is 14.9. The molecular weight excluding hydrogens is 325 g/mol. The van der Waals surface area contributed by atoms with Crippen LogP contribution in [-0.4, -0.2) is 21.2 Å². The number of carboxylic acids is 1. The van der Waals surface area contributed by atoms with Crippen molar-refractivity contribution in [2.75, 3.05) is 0 Å². The van der Waals surface area contributed by atoms with Gasteiger partial charge in [0.2, 0.25) is 0 Å². The Balaban J connectivity index is 2.30. The van der Waals surface area contributed by atoms with Crippen molar-refractivity contribution in [3.05, 3.63) is 63.9 Å². The molecule has 1 aromatic carbocycles. The second-order valence-electron chi connectivity index (χ2n) is 4.97. The van der Waals surface area contributed by atoms with Crippen LogP contribution in [0.15, 0.2) is 42.7 Å². The Morgan fingerprint density at radius 2 is 1.77 bits per heavy atom. The predicted octanol–water partition coefficient (Wildman–Crippen LogP) is 4.07. The Morgan fingerprint density at radius 3 is 2.36 bits per heavy atom. The number of nitrogens with zero attached hydrogens (tertiary/aromatic N) is 1. The first-order valence-corrected chi connectivity index (χ1v) is 7.48. The molecule has 116 valence electrons. The minimum Gasteiger partial charge on any atom is -0.481 e. The molecule has 22 heavy (non-hydrogen) atoms. The molecular formula is C16H15Cl2NO3. The summed E-state index contributed by atoms with van der Waals surface area (Å²) >= 11 is 11.8. The van der Waals surface area contributed by atoms with Crippen LogP contribution in [0.25, 0.3) is 0 Å². The van der Waals surface area contributed by atoms with E-state index in [0.29, 0.717) is 21.2 Å². The summed E-state index contributed by atoms with van der Waals surface area (Å²) in [5.74, 6) is -1.33. The topological polar surface area (TPSA) is 70.4 Å². The molecule has 0 saturated carbocycles. The van der Waals surface area contributed by atoms with Crippen molar-refractivity contribution < 1.29 is 15.0 Å². The van der Waals surface area contributed by atoms with Crippen molar-refractivity contribution >= 4 is 29.2 Å². The molecule has 0 saturated heterocycles. The van der Waals surface area contributed by atoms with Crippen molar-refractivity contribution in [3.63, 3.8) is 0 Å². The zero-order valence-electron chi connectivity index (χ0n) is 11.6. The molecule has 1 aromatic heterocycles. The lowest BCUT2D eigenvalue weighted by Gasteiger charge is -2.23. The third-order valence-corrected chi connectivity index (χ3v) is 3.87. The van der Waals surface area contributed by atoms with E-state index >= 15 is 0 Å². The lowest BCUT2D eigenvalue weighted by molar-refractivity contribution is -0.137. The van der Waals surface area contributed by atoms with Crippen LogP contribution >= 0.6 is 23.2 Å². The SMILES string of the molecule is O=C(O)CC[C@@H](c1cncc(Cl)c1)[C@H](O)c1ccc(Cl)cc1. The van der Waals surface area contributed by atoms with Gasteiger partial charge < -0.3 is 10.2 Å². The highest BCUT2D eigenvalue weighted by Gasteiger charge is 2.24. The Hall–Kier alpha value is -1.62. The minimum absolute atomic E-state index is 0.0537. The number of benzene rings is 1. The molecule has 1 heterocycles. The number of hydrogen-bond donors (Lipinski definition) is 2. The van der Waals surface area contributed by atoms with Crippen molar-refractivity contribution in [3.8, 4) is 0 Å². The standard InChI is InChI=1S/C16H15Cl2NO3/c17-12-3-1-10(2-4-12)16(22)14(5-6-15(20)21)11-7-13(18)9-19-8-11/h1-4,7-9,14,16,22H,5-6H2,(H,20,21)/t14-,16+/m0/s1. The number of aromatic nitrogens is 1. The highest BCUT2D eigenvalue weighted by atomic mass is 35.5. The first kappa shape index (κ1) is 16.7. The van der Waals surface area contributed by atoms with Gasteiger partial charge in [-0.25, -0.2) is 0 Å². The van der Waals surface area contributed by atoms with Gasteiger partial charge in [-0.05, 0) is 35.7 Å². The second kappa shape index (κ2) is 7.58. The van der Waals surface area contributed by atoms with Gasteiger partial charge in [0.25, 0.3) is 0 Å². The molecule has 0 radical (unpaired) electrons. The third kappa shape index (κ3) is 4.44. The molecule has 0 amide bonds.